The lowest BCUT2D eigenvalue weighted by molar-refractivity contribution is -0.0258. The maximum atomic E-state index is 12.7. The molecule has 0 fully saturated rings. The molecule has 0 aliphatic rings. The number of rotatable bonds is 7. The fraction of sp³-hybridized carbons (Fsp3) is 0.316. The maximum Gasteiger partial charge on any atom is 0.264 e. The van der Waals surface area contributed by atoms with Gasteiger partial charge in [-0.15, -0.1) is 0 Å². The molecule has 0 saturated carbocycles. The zero-order valence-corrected chi connectivity index (χ0v) is 16.3. The summed E-state index contributed by atoms with van der Waals surface area (Å²) in [5, 5.41) is 2.94. The number of sulfonamides is 1. The van der Waals surface area contributed by atoms with Crippen LogP contribution in [0.2, 0.25) is 0 Å². The molecular weight excluding hydrogens is 352 g/mol. The number of hydrogen-bond acceptors (Lipinski definition) is 4. The molecule has 0 radical (unpaired) electrons. The van der Waals surface area contributed by atoms with Crippen LogP contribution < -0.4 is 5.32 Å². The molecule has 0 aliphatic heterocycles. The molecule has 2 aromatic carbocycles. The van der Waals surface area contributed by atoms with E-state index in [1.807, 2.05) is 32.0 Å². The summed E-state index contributed by atoms with van der Waals surface area (Å²) in [6.07, 6.45) is 1.58. The highest BCUT2D eigenvalue weighted by Gasteiger charge is 2.22. The Morgan fingerprint density at radius 2 is 1.65 bits per heavy atom. The molecule has 6 nitrogen and oxygen atoms in total. The number of anilines is 1. The van der Waals surface area contributed by atoms with Gasteiger partial charge in [0.2, 0.25) is 0 Å². The van der Waals surface area contributed by atoms with E-state index in [9.17, 15) is 13.2 Å². The van der Waals surface area contributed by atoms with Gasteiger partial charge < -0.3 is 5.32 Å². The van der Waals surface area contributed by atoms with E-state index >= 15 is 0 Å². The number of benzene rings is 2. The summed E-state index contributed by atoms with van der Waals surface area (Å²) < 4.78 is 25.5. The van der Waals surface area contributed by atoms with Crippen molar-refractivity contribution in [2.45, 2.75) is 31.6 Å². The predicted molar refractivity (Wildman–Crippen MR) is 102 cm³/mol. The molecular formula is C19H24N2O4S. The van der Waals surface area contributed by atoms with Crippen LogP contribution in [0.1, 0.15) is 35.3 Å². The van der Waals surface area contributed by atoms with Gasteiger partial charge in [-0.2, -0.15) is 0 Å². The number of carbonyl (C=O) groups excluding carboxylic acids is 1. The van der Waals surface area contributed by atoms with Crippen LogP contribution in [-0.4, -0.2) is 33.0 Å². The molecule has 140 valence electrons. The summed E-state index contributed by atoms with van der Waals surface area (Å²) in [7, 11) is -1.25. The third-order valence-corrected chi connectivity index (χ3v) is 5.90. The van der Waals surface area contributed by atoms with Gasteiger partial charge in [-0.25, -0.2) is 8.42 Å². The minimum Gasteiger partial charge on any atom is -0.321 e. The summed E-state index contributed by atoms with van der Waals surface area (Å²) >= 11 is 0. The van der Waals surface area contributed by atoms with E-state index in [1.54, 1.807) is 6.07 Å². The Balaban J connectivity index is 2.37. The van der Waals surface area contributed by atoms with E-state index in [0.717, 1.165) is 34.1 Å². The molecule has 1 N–H and O–H groups in total. The molecule has 0 atom stereocenters. The fourth-order valence-electron chi connectivity index (χ4n) is 2.63. The first kappa shape index (κ1) is 20.1. The fourth-order valence-corrected chi connectivity index (χ4v) is 3.65. The highest BCUT2D eigenvalue weighted by Crippen LogP contribution is 2.24. The number of carbonyl (C=O) groups is 1. The van der Waals surface area contributed by atoms with Crippen molar-refractivity contribution in [2.75, 3.05) is 19.5 Å². The minimum absolute atomic E-state index is 0.00556. The van der Waals surface area contributed by atoms with Crippen LogP contribution in [0.3, 0.4) is 0 Å². The lowest BCUT2D eigenvalue weighted by Crippen LogP contribution is -2.26. The van der Waals surface area contributed by atoms with E-state index in [-0.39, 0.29) is 16.4 Å². The van der Waals surface area contributed by atoms with Crippen molar-refractivity contribution in [1.29, 1.82) is 0 Å². The third-order valence-electron chi connectivity index (χ3n) is 4.23. The van der Waals surface area contributed by atoms with Crippen molar-refractivity contribution >= 4 is 21.6 Å². The summed E-state index contributed by atoms with van der Waals surface area (Å²) in [6, 6.07) is 11.8. The Labute approximate surface area is 154 Å². The second-order valence-electron chi connectivity index (χ2n) is 5.74. The standard InChI is InChI=1S/C19H24N2O4S/c1-5-14-9-7-10-15(6-2)18(14)20-19(22)16-11-8-12-17(13-16)26(23,24)21(3)25-4/h7-13H,5-6H2,1-4H3,(H,20,22). The predicted octanol–water partition coefficient (Wildman–Crippen LogP) is 3.25. The van der Waals surface area contributed by atoms with Crippen LogP contribution in [-0.2, 0) is 27.7 Å². The van der Waals surface area contributed by atoms with E-state index in [2.05, 4.69) is 5.32 Å². The number of nitrogens with zero attached hydrogens (tertiary/aromatic N) is 1. The van der Waals surface area contributed by atoms with Crippen molar-refractivity contribution < 1.29 is 18.0 Å². The van der Waals surface area contributed by atoms with Crippen molar-refractivity contribution in [1.82, 2.24) is 4.47 Å². The molecule has 0 spiro atoms. The lowest BCUT2D eigenvalue weighted by Gasteiger charge is -2.16. The van der Waals surface area contributed by atoms with E-state index in [1.165, 1.54) is 32.4 Å². The maximum absolute atomic E-state index is 12.7. The second-order valence-corrected chi connectivity index (χ2v) is 7.67. The van der Waals surface area contributed by atoms with Gasteiger partial charge >= 0.3 is 0 Å². The monoisotopic (exact) mass is 376 g/mol. The summed E-state index contributed by atoms with van der Waals surface area (Å²) in [5.41, 5.74) is 3.15. The lowest BCUT2D eigenvalue weighted by atomic mass is 10.0. The van der Waals surface area contributed by atoms with Crippen LogP contribution in [0.4, 0.5) is 5.69 Å². The Morgan fingerprint density at radius 1 is 1.08 bits per heavy atom. The number of hydrogen-bond donors (Lipinski definition) is 1. The Kier molecular flexibility index (Phi) is 6.52. The highest BCUT2D eigenvalue weighted by atomic mass is 32.2. The van der Waals surface area contributed by atoms with Crippen LogP contribution in [0.5, 0.6) is 0 Å². The second kappa shape index (κ2) is 8.44. The normalized spacial score (nSPS) is 11.6. The first-order valence-electron chi connectivity index (χ1n) is 8.40. The summed E-state index contributed by atoms with van der Waals surface area (Å²) in [4.78, 5) is 17.5. The SMILES string of the molecule is CCc1cccc(CC)c1NC(=O)c1cccc(S(=O)(=O)N(C)OC)c1. The first-order valence-corrected chi connectivity index (χ1v) is 9.84. The largest absolute Gasteiger partial charge is 0.321 e. The molecule has 0 heterocycles. The van der Waals surface area contributed by atoms with Crippen molar-refractivity contribution in [3.05, 3.63) is 59.2 Å². The van der Waals surface area contributed by atoms with Crippen LogP contribution in [0.25, 0.3) is 0 Å². The van der Waals surface area contributed by atoms with Crippen molar-refractivity contribution in [3.8, 4) is 0 Å². The summed E-state index contributed by atoms with van der Waals surface area (Å²) in [5.74, 6) is -0.349. The van der Waals surface area contributed by atoms with Gasteiger partial charge in [-0.05, 0) is 42.2 Å². The molecule has 26 heavy (non-hydrogen) atoms. The van der Waals surface area contributed by atoms with Gasteiger partial charge in [0.25, 0.3) is 15.9 Å². The quantitative estimate of drug-likeness (QED) is 0.753. The van der Waals surface area contributed by atoms with Crippen LogP contribution in [0.15, 0.2) is 47.4 Å². The van der Waals surface area contributed by atoms with Crippen molar-refractivity contribution in [3.63, 3.8) is 0 Å². The number of para-hydroxylation sites is 1. The smallest absolute Gasteiger partial charge is 0.264 e. The molecule has 2 aromatic rings. The Bertz CT molecular complexity index is 872. The number of hydroxylamine groups is 1. The van der Waals surface area contributed by atoms with Gasteiger partial charge in [0, 0.05) is 18.3 Å². The van der Waals surface area contributed by atoms with Gasteiger partial charge in [-0.3, -0.25) is 9.63 Å². The number of amides is 1. The van der Waals surface area contributed by atoms with Crippen molar-refractivity contribution in [2.24, 2.45) is 0 Å². The molecule has 0 bridgehead atoms. The third kappa shape index (κ3) is 4.12. The van der Waals surface area contributed by atoms with Gasteiger partial charge in [0.1, 0.15) is 0 Å². The number of nitrogens with one attached hydrogen (secondary N) is 1. The molecule has 0 saturated heterocycles. The molecule has 2 rings (SSSR count). The zero-order valence-electron chi connectivity index (χ0n) is 15.4. The molecule has 1 amide bonds. The van der Waals surface area contributed by atoms with Crippen LogP contribution in [0, 0.1) is 0 Å². The first-order chi connectivity index (χ1) is 12.3. The van der Waals surface area contributed by atoms with E-state index < -0.39 is 10.0 Å². The van der Waals surface area contributed by atoms with E-state index in [0.29, 0.717) is 0 Å². The molecule has 0 aromatic heterocycles. The molecule has 0 aliphatic carbocycles. The Morgan fingerprint density at radius 3 is 2.19 bits per heavy atom. The summed E-state index contributed by atoms with van der Waals surface area (Å²) in [6.45, 7) is 4.05. The average molecular weight is 376 g/mol. The van der Waals surface area contributed by atoms with E-state index in [4.69, 9.17) is 4.84 Å². The van der Waals surface area contributed by atoms with Gasteiger partial charge in [0.05, 0.1) is 12.0 Å². The molecule has 7 heteroatoms. The Hall–Kier alpha value is -2.22. The average Bonchev–Trinajstić information content (AvgIpc) is 2.67. The van der Waals surface area contributed by atoms with Gasteiger partial charge in [0.15, 0.2) is 0 Å². The molecule has 0 unspecified atom stereocenters. The topological polar surface area (TPSA) is 75.7 Å². The highest BCUT2D eigenvalue weighted by molar-refractivity contribution is 7.89. The van der Waals surface area contributed by atoms with Gasteiger partial charge in [-0.1, -0.05) is 42.6 Å². The zero-order chi connectivity index (χ0) is 19.3. The number of aryl methyl sites for hydroxylation is 2. The van der Waals surface area contributed by atoms with Crippen LogP contribution >= 0.6 is 0 Å². The minimum atomic E-state index is -3.81.